The van der Waals surface area contributed by atoms with Crippen molar-refractivity contribution in [1.82, 2.24) is 0 Å². The van der Waals surface area contributed by atoms with Gasteiger partial charge in [-0.3, -0.25) is 4.79 Å². The monoisotopic (exact) mass is 430 g/mol. The number of fused-ring (bicyclic) bond motifs is 7. The standard InChI is InChI=1S/C27H42O4/c1-17(28)19-8-9-20-18-6-7-22-23-15-27(23,29)13-12-26(22,21(18)10-11-25(19,20)2)16-31-24-5-3-4-14-30-24/h18-24,29H,3-16H2,1-2H3/t18-,19+,20-,21-,22-,23?,24?,25+,26-,27-/m0/s1. The van der Waals surface area contributed by atoms with E-state index in [1.807, 2.05) is 6.92 Å². The quantitative estimate of drug-likeness (QED) is 0.673. The van der Waals surface area contributed by atoms with Crippen LogP contribution in [0.1, 0.15) is 90.9 Å². The number of hydrogen-bond donors (Lipinski definition) is 1. The third-order valence-electron chi connectivity index (χ3n) is 11.5. The molecule has 0 aromatic rings. The van der Waals surface area contributed by atoms with Gasteiger partial charge in [0.25, 0.3) is 0 Å². The summed E-state index contributed by atoms with van der Waals surface area (Å²) in [5.74, 6) is 3.95. The predicted molar refractivity (Wildman–Crippen MR) is 118 cm³/mol. The van der Waals surface area contributed by atoms with Gasteiger partial charge in [-0.1, -0.05) is 6.92 Å². The molecular weight excluding hydrogens is 388 g/mol. The first-order valence-corrected chi connectivity index (χ1v) is 13.3. The van der Waals surface area contributed by atoms with Crippen molar-refractivity contribution in [2.75, 3.05) is 13.2 Å². The molecule has 0 aromatic carbocycles. The smallest absolute Gasteiger partial charge is 0.157 e. The molecule has 6 aliphatic rings. The molecule has 1 saturated heterocycles. The molecule has 1 heterocycles. The predicted octanol–water partition coefficient (Wildman–Crippen LogP) is 5.12. The van der Waals surface area contributed by atoms with Crippen molar-refractivity contribution in [3.63, 3.8) is 0 Å². The van der Waals surface area contributed by atoms with Crippen molar-refractivity contribution in [1.29, 1.82) is 0 Å². The van der Waals surface area contributed by atoms with Crippen LogP contribution >= 0.6 is 0 Å². The van der Waals surface area contributed by atoms with Crippen molar-refractivity contribution in [3.05, 3.63) is 0 Å². The van der Waals surface area contributed by atoms with Crippen LogP contribution in [0.2, 0.25) is 0 Å². The van der Waals surface area contributed by atoms with Gasteiger partial charge in [-0.25, -0.2) is 0 Å². The minimum atomic E-state index is -0.362. The van der Waals surface area contributed by atoms with Crippen molar-refractivity contribution in [2.45, 2.75) is 103 Å². The molecule has 1 aliphatic heterocycles. The summed E-state index contributed by atoms with van der Waals surface area (Å²) in [6.45, 7) is 5.94. The summed E-state index contributed by atoms with van der Waals surface area (Å²) in [6.07, 6.45) is 13.8. The molecule has 6 rings (SSSR count). The van der Waals surface area contributed by atoms with Gasteiger partial charge in [0.2, 0.25) is 0 Å². The number of carbonyl (C=O) groups excluding carboxylic acids is 1. The lowest BCUT2D eigenvalue weighted by Crippen LogP contribution is -2.58. The Hall–Kier alpha value is -0.450. The largest absolute Gasteiger partial charge is 0.390 e. The summed E-state index contributed by atoms with van der Waals surface area (Å²) in [5.41, 5.74) is 0.0642. The maximum atomic E-state index is 12.5. The number of hydrogen-bond acceptors (Lipinski definition) is 4. The van der Waals surface area contributed by atoms with E-state index in [-0.39, 0.29) is 28.6 Å². The average molecular weight is 431 g/mol. The summed E-state index contributed by atoms with van der Waals surface area (Å²) in [4.78, 5) is 12.5. The molecule has 2 unspecified atom stereocenters. The topological polar surface area (TPSA) is 55.8 Å². The van der Waals surface area contributed by atoms with Crippen LogP contribution in [0.4, 0.5) is 0 Å². The Kier molecular flexibility index (Phi) is 4.95. The average Bonchev–Trinajstić information content (AvgIpc) is 3.32. The third-order valence-corrected chi connectivity index (χ3v) is 11.5. The number of ether oxygens (including phenoxy) is 2. The van der Waals surface area contributed by atoms with Crippen molar-refractivity contribution < 1.29 is 19.4 Å². The number of ketones is 1. The Bertz CT molecular complexity index is 731. The van der Waals surface area contributed by atoms with Gasteiger partial charge in [0.15, 0.2) is 6.29 Å². The van der Waals surface area contributed by atoms with Gasteiger partial charge < -0.3 is 14.6 Å². The number of carbonyl (C=O) groups is 1. The van der Waals surface area contributed by atoms with Gasteiger partial charge in [-0.05, 0) is 119 Å². The van der Waals surface area contributed by atoms with Crippen LogP contribution in [0, 0.1) is 46.3 Å². The Morgan fingerprint density at radius 1 is 0.968 bits per heavy atom. The Morgan fingerprint density at radius 2 is 1.81 bits per heavy atom. The second kappa shape index (κ2) is 7.27. The van der Waals surface area contributed by atoms with Gasteiger partial charge in [0.05, 0.1) is 12.2 Å². The van der Waals surface area contributed by atoms with Crippen LogP contribution in [-0.4, -0.2) is 36.0 Å². The minimum absolute atomic E-state index is 0.0217. The number of Topliss-reactive ketones (excluding diaryl/α,β-unsaturated/α-hetero) is 1. The lowest BCUT2D eigenvalue weighted by Gasteiger charge is -2.61. The Balaban J connectivity index is 1.29. The van der Waals surface area contributed by atoms with E-state index < -0.39 is 0 Å². The fourth-order valence-corrected chi connectivity index (χ4v) is 9.93. The van der Waals surface area contributed by atoms with Crippen LogP contribution in [0.15, 0.2) is 0 Å². The molecule has 5 saturated carbocycles. The highest BCUT2D eigenvalue weighted by atomic mass is 16.7. The summed E-state index contributed by atoms with van der Waals surface area (Å²) in [6, 6.07) is 0. The summed E-state index contributed by atoms with van der Waals surface area (Å²) in [5, 5.41) is 11.0. The summed E-state index contributed by atoms with van der Waals surface area (Å²) >= 11 is 0. The van der Waals surface area contributed by atoms with E-state index in [2.05, 4.69) is 6.92 Å². The van der Waals surface area contributed by atoms with Crippen LogP contribution < -0.4 is 0 Å². The van der Waals surface area contributed by atoms with Gasteiger partial charge >= 0.3 is 0 Å². The van der Waals surface area contributed by atoms with Crippen LogP contribution in [0.3, 0.4) is 0 Å². The van der Waals surface area contributed by atoms with Crippen molar-refractivity contribution in [3.8, 4) is 0 Å². The first kappa shape index (κ1) is 21.1. The first-order valence-electron chi connectivity index (χ1n) is 13.3. The zero-order valence-corrected chi connectivity index (χ0v) is 19.6. The molecule has 0 bridgehead atoms. The molecule has 0 spiro atoms. The van der Waals surface area contributed by atoms with E-state index in [1.165, 1.54) is 38.5 Å². The van der Waals surface area contributed by atoms with Crippen LogP contribution in [0.25, 0.3) is 0 Å². The van der Waals surface area contributed by atoms with E-state index in [0.29, 0.717) is 29.5 Å². The molecule has 5 aliphatic carbocycles. The fraction of sp³-hybridized carbons (Fsp3) is 0.963. The van der Waals surface area contributed by atoms with Gasteiger partial charge in [0, 0.05) is 17.9 Å². The zero-order valence-electron chi connectivity index (χ0n) is 19.6. The zero-order chi connectivity index (χ0) is 21.4. The number of aliphatic hydroxyl groups is 1. The molecule has 174 valence electrons. The highest BCUT2D eigenvalue weighted by molar-refractivity contribution is 5.79. The minimum Gasteiger partial charge on any atom is -0.390 e. The van der Waals surface area contributed by atoms with Crippen molar-refractivity contribution >= 4 is 5.78 Å². The third kappa shape index (κ3) is 3.06. The van der Waals surface area contributed by atoms with E-state index in [9.17, 15) is 9.90 Å². The molecule has 6 fully saturated rings. The Labute approximate surface area is 187 Å². The summed E-state index contributed by atoms with van der Waals surface area (Å²) in [7, 11) is 0. The summed E-state index contributed by atoms with van der Waals surface area (Å²) < 4.78 is 12.5. The van der Waals surface area contributed by atoms with Gasteiger partial charge in [-0.15, -0.1) is 0 Å². The molecule has 4 nitrogen and oxygen atoms in total. The van der Waals surface area contributed by atoms with Gasteiger partial charge in [0.1, 0.15) is 5.78 Å². The SMILES string of the molecule is CC(=O)[C@H]1CC[C@H]2[C@@H]3CC[C@H]4C5C[C@@]5(O)CC[C@]4(COC4CCCCO4)[C@H]3CC[C@]12C. The van der Waals surface area contributed by atoms with E-state index in [0.717, 1.165) is 57.7 Å². The van der Waals surface area contributed by atoms with E-state index in [4.69, 9.17) is 9.47 Å². The second-order valence-electron chi connectivity index (χ2n) is 12.6. The molecule has 10 atom stereocenters. The van der Waals surface area contributed by atoms with Crippen LogP contribution in [-0.2, 0) is 14.3 Å². The van der Waals surface area contributed by atoms with E-state index in [1.54, 1.807) is 0 Å². The van der Waals surface area contributed by atoms with Crippen LogP contribution in [0.5, 0.6) is 0 Å². The number of rotatable bonds is 4. The molecule has 31 heavy (non-hydrogen) atoms. The molecule has 4 heteroatoms. The molecular formula is C27H42O4. The highest BCUT2D eigenvalue weighted by Gasteiger charge is 2.70. The lowest BCUT2D eigenvalue weighted by molar-refractivity contribution is -0.221. The Morgan fingerprint density at radius 3 is 2.58 bits per heavy atom. The molecule has 0 aromatic heterocycles. The molecule has 0 amide bonds. The maximum absolute atomic E-state index is 12.5. The second-order valence-corrected chi connectivity index (χ2v) is 12.6. The van der Waals surface area contributed by atoms with E-state index >= 15 is 0 Å². The van der Waals surface area contributed by atoms with Crippen molar-refractivity contribution in [2.24, 2.45) is 46.3 Å². The molecule has 0 radical (unpaired) electrons. The van der Waals surface area contributed by atoms with Gasteiger partial charge in [-0.2, -0.15) is 0 Å². The fourth-order valence-electron chi connectivity index (χ4n) is 9.93. The first-order chi connectivity index (χ1) is 14.9. The lowest BCUT2D eigenvalue weighted by atomic mass is 9.44. The normalized spacial score (nSPS) is 55.5. The maximum Gasteiger partial charge on any atom is 0.157 e. The molecule has 1 N–H and O–H groups in total. The highest BCUT2D eigenvalue weighted by Crippen LogP contribution is 2.72.